The smallest absolute Gasteiger partial charge is 0.310 e. The van der Waals surface area contributed by atoms with Crippen LogP contribution in [-0.2, 0) is 31.9 Å². The molecule has 0 aromatic heterocycles. The molecular formula is C21H30O4. The predicted octanol–water partition coefficient (Wildman–Crippen LogP) is 4.22. The van der Waals surface area contributed by atoms with Gasteiger partial charge < -0.3 is 9.47 Å². The van der Waals surface area contributed by atoms with Crippen LogP contribution in [0.15, 0.2) is 12.1 Å². The van der Waals surface area contributed by atoms with Crippen molar-refractivity contribution in [1.82, 2.24) is 0 Å². The number of aryl methyl sites for hydroxylation is 2. The van der Waals surface area contributed by atoms with E-state index < -0.39 is 0 Å². The van der Waals surface area contributed by atoms with Crippen molar-refractivity contribution in [1.29, 1.82) is 0 Å². The van der Waals surface area contributed by atoms with Crippen molar-refractivity contribution >= 4 is 11.9 Å². The molecule has 3 rings (SSSR count). The second-order valence-electron chi connectivity index (χ2n) is 6.97. The van der Waals surface area contributed by atoms with Crippen LogP contribution in [0, 0.1) is 13.8 Å². The lowest BCUT2D eigenvalue weighted by Gasteiger charge is -2.12. The zero-order valence-corrected chi connectivity index (χ0v) is 15.6. The molecule has 0 spiro atoms. The van der Waals surface area contributed by atoms with Crippen LogP contribution in [0.2, 0.25) is 0 Å². The van der Waals surface area contributed by atoms with Crippen molar-refractivity contribution in [2.24, 2.45) is 0 Å². The molecule has 0 unspecified atom stereocenters. The summed E-state index contributed by atoms with van der Waals surface area (Å²) < 4.78 is 10.7. The minimum Gasteiger partial charge on any atom is -0.465 e. The number of benzene rings is 1. The molecular weight excluding hydrogens is 316 g/mol. The number of hydrogen-bond acceptors (Lipinski definition) is 4. The summed E-state index contributed by atoms with van der Waals surface area (Å²) in [6.07, 6.45) is 8.14. The molecule has 0 saturated carbocycles. The lowest BCUT2D eigenvalue weighted by atomic mass is 9.96. The van der Waals surface area contributed by atoms with Crippen LogP contribution < -0.4 is 0 Å². The first-order valence-electron chi connectivity index (χ1n) is 9.46. The first-order valence-corrected chi connectivity index (χ1v) is 9.46. The summed E-state index contributed by atoms with van der Waals surface area (Å²) in [5.74, 6) is -0.347. The molecule has 2 bridgehead atoms. The Labute approximate surface area is 150 Å². The second kappa shape index (κ2) is 10.2. The number of rotatable bonds is 0. The molecule has 1 aromatic rings. The highest BCUT2D eigenvalue weighted by Crippen LogP contribution is 2.18. The van der Waals surface area contributed by atoms with Gasteiger partial charge in [0, 0.05) is 0 Å². The van der Waals surface area contributed by atoms with Gasteiger partial charge in [0.1, 0.15) is 0 Å². The maximum Gasteiger partial charge on any atom is 0.310 e. The van der Waals surface area contributed by atoms with E-state index >= 15 is 0 Å². The molecule has 2 aliphatic heterocycles. The van der Waals surface area contributed by atoms with Crippen LogP contribution in [0.4, 0.5) is 0 Å². The van der Waals surface area contributed by atoms with Crippen molar-refractivity contribution in [2.75, 3.05) is 13.2 Å². The monoisotopic (exact) mass is 346 g/mol. The summed E-state index contributed by atoms with van der Waals surface area (Å²) in [6.45, 7) is 4.97. The summed E-state index contributed by atoms with van der Waals surface area (Å²) >= 11 is 0. The predicted molar refractivity (Wildman–Crippen MR) is 97.6 cm³/mol. The second-order valence-corrected chi connectivity index (χ2v) is 6.97. The van der Waals surface area contributed by atoms with Gasteiger partial charge in [0.05, 0.1) is 26.1 Å². The van der Waals surface area contributed by atoms with Gasteiger partial charge in [0.25, 0.3) is 0 Å². The van der Waals surface area contributed by atoms with Gasteiger partial charge in [-0.05, 0) is 48.9 Å². The molecule has 4 heteroatoms. The highest BCUT2D eigenvalue weighted by Gasteiger charge is 2.13. The molecule has 2 heterocycles. The van der Waals surface area contributed by atoms with E-state index in [9.17, 15) is 9.59 Å². The fraction of sp³-hybridized carbons (Fsp3) is 0.619. The zero-order valence-electron chi connectivity index (χ0n) is 15.6. The highest BCUT2D eigenvalue weighted by atomic mass is 16.5. The molecule has 0 amide bonds. The summed E-state index contributed by atoms with van der Waals surface area (Å²) in [7, 11) is 0. The number of carbonyl (C=O) groups is 2. The molecule has 0 aliphatic carbocycles. The Hall–Kier alpha value is -1.84. The third kappa shape index (κ3) is 6.89. The standard InChI is InChI=1S/C21H30O4/c1-16-12-19-15-21(23)25-11-9-7-5-3-4-6-8-10-24-20(22)14-18(16)13-17(19)2/h12-13H,3-11,14-15H2,1-2H3. The molecule has 0 fully saturated rings. The molecule has 138 valence electrons. The normalized spacial score (nSPS) is 18.6. The number of fused-ring (bicyclic) bond motifs is 16. The minimum atomic E-state index is -0.174. The topological polar surface area (TPSA) is 52.6 Å². The Morgan fingerprint density at radius 2 is 1.00 bits per heavy atom. The average molecular weight is 346 g/mol. The molecule has 1 aromatic carbocycles. The number of carbonyl (C=O) groups excluding carboxylic acids is 2. The van der Waals surface area contributed by atoms with Gasteiger partial charge in [0.2, 0.25) is 0 Å². The van der Waals surface area contributed by atoms with Crippen molar-refractivity contribution in [3.8, 4) is 0 Å². The fourth-order valence-corrected chi connectivity index (χ4v) is 3.19. The van der Waals surface area contributed by atoms with Crippen molar-refractivity contribution in [2.45, 2.75) is 71.6 Å². The van der Waals surface area contributed by atoms with E-state index in [0.717, 1.165) is 60.8 Å². The van der Waals surface area contributed by atoms with Crippen LogP contribution in [0.5, 0.6) is 0 Å². The lowest BCUT2D eigenvalue weighted by molar-refractivity contribution is -0.143. The Balaban J connectivity index is 2.05. The minimum absolute atomic E-state index is 0.174. The van der Waals surface area contributed by atoms with E-state index in [4.69, 9.17) is 9.47 Å². The van der Waals surface area contributed by atoms with Gasteiger partial charge in [-0.25, -0.2) is 0 Å². The van der Waals surface area contributed by atoms with Gasteiger partial charge in [0.15, 0.2) is 0 Å². The van der Waals surface area contributed by atoms with Gasteiger partial charge >= 0.3 is 11.9 Å². The van der Waals surface area contributed by atoms with E-state index in [-0.39, 0.29) is 24.8 Å². The largest absolute Gasteiger partial charge is 0.465 e. The molecule has 4 nitrogen and oxygen atoms in total. The quantitative estimate of drug-likeness (QED) is 0.660. The Kier molecular flexibility index (Phi) is 7.96. The molecule has 0 N–H and O–H groups in total. The van der Waals surface area contributed by atoms with Crippen LogP contribution in [0.3, 0.4) is 0 Å². The zero-order chi connectivity index (χ0) is 18.1. The van der Waals surface area contributed by atoms with E-state index in [1.54, 1.807) is 0 Å². The van der Waals surface area contributed by atoms with E-state index in [1.807, 2.05) is 26.0 Å². The van der Waals surface area contributed by atoms with Crippen LogP contribution >= 0.6 is 0 Å². The first kappa shape index (κ1) is 19.5. The lowest BCUT2D eigenvalue weighted by Crippen LogP contribution is -2.12. The summed E-state index contributed by atoms with van der Waals surface area (Å²) in [6, 6.07) is 3.99. The number of ether oxygens (including phenoxy) is 2. The molecule has 25 heavy (non-hydrogen) atoms. The van der Waals surface area contributed by atoms with Crippen molar-refractivity contribution < 1.29 is 19.1 Å². The van der Waals surface area contributed by atoms with E-state index in [0.29, 0.717) is 13.2 Å². The highest BCUT2D eigenvalue weighted by molar-refractivity contribution is 5.75. The number of hydrogen-bond donors (Lipinski definition) is 0. The number of esters is 2. The SMILES string of the molecule is Cc1cc2c(C)cc1CC(=O)OCCCCCCCCCOC(=O)C2. The van der Waals surface area contributed by atoms with Gasteiger partial charge in [-0.1, -0.05) is 44.2 Å². The Morgan fingerprint density at radius 1 is 0.640 bits per heavy atom. The van der Waals surface area contributed by atoms with Gasteiger partial charge in [-0.3, -0.25) is 9.59 Å². The fourth-order valence-electron chi connectivity index (χ4n) is 3.19. The van der Waals surface area contributed by atoms with Gasteiger partial charge in [-0.2, -0.15) is 0 Å². The first-order chi connectivity index (χ1) is 12.1. The molecule has 0 radical (unpaired) electrons. The van der Waals surface area contributed by atoms with Crippen molar-refractivity contribution in [3.05, 3.63) is 34.4 Å². The van der Waals surface area contributed by atoms with Crippen LogP contribution in [0.25, 0.3) is 0 Å². The Bertz CT molecular complexity index is 540. The third-order valence-corrected chi connectivity index (χ3v) is 4.78. The third-order valence-electron chi connectivity index (χ3n) is 4.78. The van der Waals surface area contributed by atoms with Crippen LogP contribution in [0.1, 0.15) is 67.2 Å². The summed E-state index contributed by atoms with van der Waals surface area (Å²) in [5.41, 5.74) is 3.97. The maximum absolute atomic E-state index is 12.0. The van der Waals surface area contributed by atoms with Crippen LogP contribution in [-0.4, -0.2) is 25.2 Å². The molecule has 0 saturated heterocycles. The summed E-state index contributed by atoms with van der Waals surface area (Å²) in [4.78, 5) is 24.1. The maximum atomic E-state index is 12.0. The Morgan fingerprint density at radius 3 is 1.40 bits per heavy atom. The van der Waals surface area contributed by atoms with Gasteiger partial charge in [-0.15, -0.1) is 0 Å². The molecule has 0 atom stereocenters. The molecule has 2 aliphatic rings. The summed E-state index contributed by atoms with van der Waals surface area (Å²) in [5, 5.41) is 0. The van der Waals surface area contributed by atoms with E-state index in [1.165, 1.54) is 6.42 Å². The van der Waals surface area contributed by atoms with Crippen molar-refractivity contribution in [3.63, 3.8) is 0 Å². The average Bonchev–Trinajstić information content (AvgIpc) is 2.56. The van der Waals surface area contributed by atoms with E-state index in [2.05, 4.69) is 0 Å².